The number of hydrogen-bond acceptors (Lipinski definition) is 3. The molecule has 0 aliphatic carbocycles. The summed E-state index contributed by atoms with van der Waals surface area (Å²) in [6.07, 6.45) is 2.62. The van der Waals surface area contributed by atoms with Gasteiger partial charge in [-0.3, -0.25) is 4.79 Å². The maximum atomic E-state index is 11.7. The van der Waals surface area contributed by atoms with E-state index >= 15 is 0 Å². The lowest BCUT2D eigenvalue weighted by Crippen LogP contribution is -2.39. The summed E-state index contributed by atoms with van der Waals surface area (Å²) in [5.74, 6) is 1.96. The fraction of sp³-hybridized carbons (Fsp3) is 0.455. The van der Waals surface area contributed by atoms with Gasteiger partial charge in [0.1, 0.15) is 5.75 Å². The van der Waals surface area contributed by atoms with Crippen molar-refractivity contribution in [1.82, 2.24) is 15.5 Å². The quantitative estimate of drug-likeness (QED) is 0.419. The van der Waals surface area contributed by atoms with Crippen molar-refractivity contribution in [3.8, 4) is 5.75 Å². The van der Waals surface area contributed by atoms with Gasteiger partial charge in [-0.1, -0.05) is 18.2 Å². The molecule has 6 heteroatoms. The summed E-state index contributed by atoms with van der Waals surface area (Å²) in [6.45, 7) is 6.01. The number of fused-ring (bicyclic) bond motifs is 1. The van der Waals surface area contributed by atoms with Crippen LogP contribution in [0.3, 0.4) is 0 Å². The Hall–Kier alpha value is -2.76. The number of carbonyl (C=O) groups excluding carboxylic acids is 1. The van der Waals surface area contributed by atoms with Crippen LogP contribution in [0.25, 0.3) is 10.8 Å². The van der Waals surface area contributed by atoms with Crippen LogP contribution in [0.15, 0.2) is 41.4 Å². The van der Waals surface area contributed by atoms with E-state index in [1.807, 2.05) is 17.0 Å². The van der Waals surface area contributed by atoms with E-state index in [0.29, 0.717) is 13.0 Å². The average molecular weight is 383 g/mol. The molecule has 1 fully saturated rings. The third-order valence-corrected chi connectivity index (χ3v) is 4.94. The molecule has 6 nitrogen and oxygen atoms in total. The van der Waals surface area contributed by atoms with Crippen molar-refractivity contribution in [2.24, 2.45) is 4.99 Å². The van der Waals surface area contributed by atoms with Crippen LogP contribution < -0.4 is 15.4 Å². The molecule has 3 rings (SSSR count). The number of carbonyl (C=O) groups is 1. The maximum Gasteiger partial charge on any atom is 0.222 e. The molecule has 2 aromatic carbocycles. The largest absolute Gasteiger partial charge is 0.497 e. The van der Waals surface area contributed by atoms with Crippen LogP contribution in [-0.4, -0.2) is 50.1 Å². The van der Waals surface area contributed by atoms with Crippen molar-refractivity contribution in [1.29, 1.82) is 0 Å². The van der Waals surface area contributed by atoms with Gasteiger partial charge in [0.05, 0.1) is 13.7 Å². The zero-order valence-electron chi connectivity index (χ0n) is 16.8. The Kier molecular flexibility index (Phi) is 7.12. The summed E-state index contributed by atoms with van der Waals surface area (Å²) in [4.78, 5) is 18.3. The van der Waals surface area contributed by atoms with Gasteiger partial charge in [-0.05, 0) is 54.3 Å². The predicted octanol–water partition coefficient (Wildman–Crippen LogP) is 2.92. The number of likely N-dealkylation sites (tertiary alicyclic amines) is 1. The van der Waals surface area contributed by atoms with Crippen molar-refractivity contribution < 1.29 is 9.53 Å². The molecule has 150 valence electrons. The summed E-state index contributed by atoms with van der Waals surface area (Å²) in [6, 6.07) is 12.5. The highest BCUT2D eigenvalue weighted by molar-refractivity contribution is 5.85. The topological polar surface area (TPSA) is 66.0 Å². The monoisotopic (exact) mass is 382 g/mol. The zero-order valence-corrected chi connectivity index (χ0v) is 16.8. The lowest BCUT2D eigenvalue weighted by molar-refractivity contribution is -0.127. The van der Waals surface area contributed by atoms with E-state index < -0.39 is 0 Å². The molecule has 0 bridgehead atoms. The van der Waals surface area contributed by atoms with Crippen LogP contribution in [0.2, 0.25) is 0 Å². The van der Waals surface area contributed by atoms with Gasteiger partial charge in [-0.15, -0.1) is 0 Å². The van der Waals surface area contributed by atoms with E-state index in [-0.39, 0.29) is 5.91 Å². The van der Waals surface area contributed by atoms with E-state index in [1.165, 1.54) is 5.39 Å². The summed E-state index contributed by atoms with van der Waals surface area (Å²) in [5.41, 5.74) is 1.16. The molecule has 0 aromatic heterocycles. The lowest BCUT2D eigenvalue weighted by atomic mass is 10.1. The maximum absolute atomic E-state index is 11.7. The normalized spacial score (nSPS) is 14.6. The number of methoxy groups -OCH3 is 1. The Labute approximate surface area is 167 Å². The predicted molar refractivity (Wildman–Crippen MR) is 114 cm³/mol. The molecule has 1 heterocycles. The zero-order chi connectivity index (χ0) is 19.8. The minimum Gasteiger partial charge on any atom is -0.497 e. The summed E-state index contributed by atoms with van der Waals surface area (Å²) < 4.78 is 5.28. The molecular formula is C22H30N4O2. The molecule has 1 aliphatic rings. The van der Waals surface area contributed by atoms with Crippen LogP contribution in [0.4, 0.5) is 0 Å². The van der Waals surface area contributed by atoms with Crippen molar-refractivity contribution in [3.05, 3.63) is 42.0 Å². The number of nitrogens with zero attached hydrogens (tertiary/aromatic N) is 2. The highest BCUT2D eigenvalue weighted by Gasteiger charge is 2.18. The van der Waals surface area contributed by atoms with Gasteiger partial charge in [0.15, 0.2) is 5.96 Å². The molecule has 2 N–H and O–H groups in total. The molecule has 0 saturated carbocycles. The SMILES string of the molecule is CCNC(=NCc1ccc2cc(OC)ccc2c1)NCCCN1CCCC1=O. The van der Waals surface area contributed by atoms with Gasteiger partial charge in [0.25, 0.3) is 0 Å². The Morgan fingerprint density at radius 1 is 1.18 bits per heavy atom. The molecule has 0 unspecified atom stereocenters. The second-order valence-corrected chi connectivity index (χ2v) is 7.01. The van der Waals surface area contributed by atoms with Crippen molar-refractivity contribution in [2.75, 3.05) is 33.3 Å². The third-order valence-electron chi connectivity index (χ3n) is 4.94. The summed E-state index contributed by atoms with van der Waals surface area (Å²) >= 11 is 0. The first-order valence-corrected chi connectivity index (χ1v) is 10.1. The van der Waals surface area contributed by atoms with E-state index in [4.69, 9.17) is 9.73 Å². The van der Waals surface area contributed by atoms with Gasteiger partial charge in [0.2, 0.25) is 5.91 Å². The highest BCUT2D eigenvalue weighted by Crippen LogP contribution is 2.22. The van der Waals surface area contributed by atoms with Crippen LogP contribution >= 0.6 is 0 Å². The minimum absolute atomic E-state index is 0.287. The smallest absolute Gasteiger partial charge is 0.222 e. The van der Waals surface area contributed by atoms with Gasteiger partial charge in [-0.25, -0.2) is 4.99 Å². The van der Waals surface area contributed by atoms with Gasteiger partial charge in [0, 0.05) is 32.6 Å². The van der Waals surface area contributed by atoms with Gasteiger partial charge < -0.3 is 20.3 Å². The van der Waals surface area contributed by atoms with E-state index in [0.717, 1.165) is 61.7 Å². The number of nitrogens with one attached hydrogen (secondary N) is 2. The standard InChI is InChI=1S/C22H30N4O2/c1-3-23-22(24-11-5-13-26-12-4-6-21(26)27)25-16-17-7-8-19-15-20(28-2)10-9-18(19)14-17/h7-10,14-15H,3-6,11-13,16H2,1-2H3,(H2,23,24,25). The first-order valence-electron chi connectivity index (χ1n) is 10.1. The van der Waals surface area contributed by atoms with Gasteiger partial charge in [-0.2, -0.15) is 0 Å². The number of hydrogen-bond donors (Lipinski definition) is 2. The second kappa shape index (κ2) is 9.97. The Balaban J connectivity index is 1.54. The molecule has 28 heavy (non-hydrogen) atoms. The van der Waals surface area contributed by atoms with Crippen LogP contribution in [0.1, 0.15) is 31.7 Å². The molecule has 0 spiro atoms. The van der Waals surface area contributed by atoms with Crippen LogP contribution in [-0.2, 0) is 11.3 Å². The van der Waals surface area contributed by atoms with Crippen LogP contribution in [0, 0.1) is 0 Å². The molecule has 0 atom stereocenters. The fourth-order valence-corrected chi connectivity index (χ4v) is 3.43. The molecule has 0 radical (unpaired) electrons. The number of benzene rings is 2. The third kappa shape index (κ3) is 5.38. The number of ether oxygens (including phenoxy) is 1. The molecule has 1 saturated heterocycles. The number of amides is 1. The van der Waals surface area contributed by atoms with E-state index in [2.05, 4.69) is 41.8 Å². The fourth-order valence-electron chi connectivity index (χ4n) is 3.43. The lowest BCUT2D eigenvalue weighted by Gasteiger charge is -2.16. The first-order chi connectivity index (χ1) is 13.7. The van der Waals surface area contributed by atoms with Crippen molar-refractivity contribution in [2.45, 2.75) is 32.7 Å². The van der Waals surface area contributed by atoms with Crippen molar-refractivity contribution in [3.63, 3.8) is 0 Å². The molecule has 2 aromatic rings. The number of rotatable bonds is 8. The van der Waals surface area contributed by atoms with Crippen LogP contribution in [0.5, 0.6) is 5.75 Å². The summed E-state index contributed by atoms with van der Waals surface area (Å²) in [7, 11) is 1.68. The Bertz CT molecular complexity index is 834. The second-order valence-electron chi connectivity index (χ2n) is 7.01. The Morgan fingerprint density at radius 2 is 2.00 bits per heavy atom. The van der Waals surface area contributed by atoms with E-state index in [9.17, 15) is 4.79 Å². The highest BCUT2D eigenvalue weighted by atomic mass is 16.5. The minimum atomic E-state index is 0.287. The number of aliphatic imine (C=N–C) groups is 1. The molecule has 1 aliphatic heterocycles. The van der Waals surface area contributed by atoms with E-state index in [1.54, 1.807) is 7.11 Å². The molecule has 1 amide bonds. The first kappa shape index (κ1) is 20.0. The Morgan fingerprint density at radius 3 is 2.75 bits per heavy atom. The summed E-state index contributed by atoms with van der Waals surface area (Å²) in [5, 5.41) is 8.99. The van der Waals surface area contributed by atoms with Crippen molar-refractivity contribution >= 4 is 22.6 Å². The number of guanidine groups is 1. The van der Waals surface area contributed by atoms with Gasteiger partial charge >= 0.3 is 0 Å². The molecular weight excluding hydrogens is 352 g/mol. The average Bonchev–Trinajstić information content (AvgIpc) is 3.13.